The lowest BCUT2D eigenvalue weighted by molar-refractivity contribution is -0.385. The highest BCUT2D eigenvalue weighted by molar-refractivity contribution is 5.78. The largest absolute Gasteiger partial charge is 0.477 e. The summed E-state index contributed by atoms with van der Waals surface area (Å²) in [5, 5.41) is 10.9. The summed E-state index contributed by atoms with van der Waals surface area (Å²) in [7, 11) is 0. The quantitative estimate of drug-likeness (QED) is 0.622. The second kappa shape index (κ2) is 6.53. The standard InChI is InChI=1S/C14H18N2O5/c1-10-7-15(8-11(2)21-10)14(17)9-20-13-6-4-3-5-12(13)16(18)19/h3-6,10-11H,7-9H2,1-2H3/t10-,11+. The van der Waals surface area contributed by atoms with Gasteiger partial charge in [0.1, 0.15) is 0 Å². The number of amides is 1. The highest BCUT2D eigenvalue weighted by Crippen LogP contribution is 2.25. The number of carbonyl (C=O) groups excluding carboxylic acids is 1. The van der Waals surface area contributed by atoms with E-state index in [0.717, 1.165) is 0 Å². The number of carbonyl (C=O) groups is 1. The molecule has 1 fully saturated rings. The molecule has 0 spiro atoms. The predicted molar refractivity (Wildman–Crippen MR) is 75.2 cm³/mol. The first-order valence-corrected chi connectivity index (χ1v) is 6.77. The molecule has 1 saturated heterocycles. The van der Waals surface area contributed by atoms with E-state index < -0.39 is 4.92 Å². The van der Waals surface area contributed by atoms with Gasteiger partial charge >= 0.3 is 5.69 Å². The number of nitrogens with zero attached hydrogens (tertiary/aromatic N) is 2. The van der Waals surface area contributed by atoms with Gasteiger partial charge in [0.2, 0.25) is 0 Å². The average molecular weight is 294 g/mol. The molecule has 1 aliphatic heterocycles. The molecule has 0 unspecified atom stereocenters. The van der Waals surface area contributed by atoms with Gasteiger partial charge in [0.25, 0.3) is 5.91 Å². The first kappa shape index (κ1) is 15.2. The number of morpholine rings is 1. The lowest BCUT2D eigenvalue weighted by Crippen LogP contribution is -2.49. The molecule has 1 aromatic rings. The molecule has 0 radical (unpaired) electrons. The number of rotatable bonds is 4. The van der Waals surface area contributed by atoms with Crippen molar-refractivity contribution in [2.24, 2.45) is 0 Å². The Morgan fingerprint density at radius 3 is 2.62 bits per heavy atom. The summed E-state index contributed by atoms with van der Waals surface area (Å²) >= 11 is 0. The number of benzene rings is 1. The molecule has 0 aliphatic carbocycles. The van der Waals surface area contributed by atoms with Gasteiger partial charge in [-0.1, -0.05) is 12.1 Å². The van der Waals surface area contributed by atoms with Crippen molar-refractivity contribution >= 4 is 11.6 Å². The van der Waals surface area contributed by atoms with Gasteiger partial charge in [-0.15, -0.1) is 0 Å². The van der Waals surface area contributed by atoms with Crippen LogP contribution in [-0.4, -0.2) is 47.6 Å². The van der Waals surface area contributed by atoms with Crippen LogP contribution < -0.4 is 4.74 Å². The predicted octanol–water partition coefficient (Wildman–Crippen LogP) is 1.61. The van der Waals surface area contributed by atoms with Crippen LogP contribution in [0.2, 0.25) is 0 Å². The molecule has 7 heteroatoms. The minimum Gasteiger partial charge on any atom is -0.477 e. The number of nitro groups is 1. The van der Waals surface area contributed by atoms with Crippen LogP contribution >= 0.6 is 0 Å². The van der Waals surface area contributed by atoms with Crippen LogP contribution in [0.1, 0.15) is 13.8 Å². The third kappa shape index (κ3) is 3.91. The van der Waals surface area contributed by atoms with Crippen molar-refractivity contribution in [3.05, 3.63) is 34.4 Å². The van der Waals surface area contributed by atoms with E-state index in [1.54, 1.807) is 17.0 Å². The van der Waals surface area contributed by atoms with Crippen LogP contribution in [0.5, 0.6) is 5.75 Å². The Balaban J connectivity index is 1.97. The topological polar surface area (TPSA) is 81.9 Å². The van der Waals surface area contributed by atoms with Gasteiger partial charge in [0.15, 0.2) is 12.4 Å². The maximum absolute atomic E-state index is 12.1. The lowest BCUT2D eigenvalue weighted by atomic mass is 10.2. The normalized spacial score (nSPS) is 21.9. The third-order valence-electron chi connectivity index (χ3n) is 3.19. The Kier molecular flexibility index (Phi) is 4.74. The molecule has 1 heterocycles. The number of hydrogen-bond acceptors (Lipinski definition) is 5. The van der Waals surface area contributed by atoms with E-state index in [0.29, 0.717) is 13.1 Å². The smallest absolute Gasteiger partial charge is 0.310 e. The van der Waals surface area contributed by atoms with Gasteiger partial charge in [-0.2, -0.15) is 0 Å². The van der Waals surface area contributed by atoms with E-state index in [1.807, 2.05) is 13.8 Å². The van der Waals surface area contributed by atoms with Crippen molar-refractivity contribution < 1.29 is 19.2 Å². The zero-order valence-electron chi connectivity index (χ0n) is 12.0. The Morgan fingerprint density at radius 2 is 2.00 bits per heavy atom. The Bertz CT molecular complexity index is 524. The zero-order chi connectivity index (χ0) is 15.4. The van der Waals surface area contributed by atoms with Gasteiger partial charge in [-0.25, -0.2) is 0 Å². The van der Waals surface area contributed by atoms with E-state index in [-0.39, 0.29) is 36.2 Å². The van der Waals surface area contributed by atoms with Crippen molar-refractivity contribution in [2.45, 2.75) is 26.1 Å². The van der Waals surface area contributed by atoms with Crippen molar-refractivity contribution in [2.75, 3.05) is 19.7 Å². The molecule has 1 aromatic carbocycles. The Hall–Kier alpha value is -2.15. The molecule has 2 atom stereocenters. The fraction of sp³-hybridized carbons (Fsp3) is 0.500. The zero-order valence-corrected chi connectivity index (χ0v) is 12.0. The number of ether oxygens (including phenoxy) is 2. The average Bonchev–Trinajstić information content (AvgIpc) is 2.43. The highest BCUT2D eigenvalue weighted by atomic mass is 16.6. The minimum atomic E-state index is -0.529. The fourth-order valence-electron chi connectivity index (χ4n) is 2.34. The molecule has 2 rings (SSSR count). The number of nitro benzene ring substituents is 1. The second-order valence-electron chi connectivity index (χ2n) is 5.07. The van der Waals surface area contributed by atoms with Crippen molar-refractivity contribution in [1.82, 2.24) is 4.90 Å². The van der Waals surface area contributed by atoms with Crippen LogP contribution in [0.15, 0.2) is 24.3 Å². The first-order valence-electron chi connectivity index (χ1n) is 6.77. The molecule has 21 heavy (non-hydrogen) atoms. The van der Waals surface area contributed by atoms with Crippen LogP contribution in [0.3, 0.4) is 0 Å². The summed E-state index contributed by atoms with van der Waals surface area (Å²) in [5.41, 5.74) is -0.144. The first-order chi connectivity index (χ1) is 9.97. The molecule has 7 nitrogen and oxygen atoms in total. The second-order valence-corrected chi connectivity index (χ2v) is 5.07. The van der Waals surface area contributed by atoms with Crippen molar-refractivity contribution in [3.63, 3.8) is 0 Å². The molecule has 114 valence electrons. The number of hydrogen-bond donors (Lipinski definition) is 0. The summed E-state index contributed by atoms with van der Waals surface area (Å²) in [6, 6.07) is 6.01. The summed E-state index contributed by atoms with van der Waals surface area (Å²) in [5.74, 6) is -0.0969. The van der Waals surface area contributed by atoms with Gasteiger partial charge in [-0.05, 0) is 19.9 Å². The highest BCUT2D eigenvalue weighted by Gasteiger charge is 2.26. The van der Waals surface area contributed by atoms with E-state index in [4.69, 9.17) is 9.47 Å². The third-order valence-corrected chi connectivity index (χ3v) is 3.19. The van der Waals surface area contributed by atoms with Crippen LogP contribution in [0, 0.1) is 10.1 Å². The van der Waals surface area contributed by atoms with Crippen molar-refractivity contribution in [3.8, 4) is 5.75 Å². The summed E-state index contributed by atoms with van der Waals surface area (Å²) in [6.07, 6.45) is -0.0486. The molecule has 0 N–H and O–H groups in total. The molecule has 1 amide bonds. The SMILES string of the molecule is C[C@@H]1CN(C(=O)COc2ccccc2[N+](=O)[O-])C[C@H](C)O1. The Labute approximate surface area is 122 Å². The molecular formula is C14H18N2O5. The van der Waals surface area contributed by atoms with Gasteiger partial charge in [-0.3, -0.25) is 14.9 Å². The minimum absolute atomic E-state index is 0.0243. The maximum Gasteiger partial charge on any atom is 0.310 e. The monoisotopic (exact) mass is 294 g/mol. The molecular weight excluding hydrogens is 276 g/mol. The lowest BCUT2D eigenvalue weighted by Gasteiger charge is -2.35. The van der Waals surface area contributed by atoms with Gasteiger partial charge in [0.05, 0.1) is 17.1 Å². The van der Waals surface area contributed by atoms with Crippen molar-refractivity contribution in [1.29, 1.82) is 0 Å². The van der Waals surface area contributed by atoms with Crippen LogP contribution in [0.4, 0.5) is 5.69 Å². The molecule has 0 aromatic heterocycles. The fourth-order valence-corrected chi connectivity index (χ4v) is 2.34. The summed E-state index contributed by atoms with van der Waals surface area (Å²) in [6.45, 7) is 4.59. The summed E-state index contributed by atoms with van der Waals surface area (Å²) < 4.78 is 10.9. The maximum atomic E-state index is 12.1. The van der Waals surface area contributed by atoms with E-state index in [2.05, 4.69) is 0 Å². The molecule has 1 aliphatic rings. The van der Waals surface area contributed by atoms with Gasteiger partial charge < -0.3 is 14.4 Å². The number of para-hydroxylation sites is 2. The Morgan fingerprint density at radius 1 is 1.38 bits per heavy atom. The van der Waals surface area contributed by atoms with E-state index in [9.17, 15) is 14.9 Å². The van der Waals surface area contributed by atoms with Gasteiger partial charge in [0, 0.05) is 19.2 Å². The molecule has 0 saturated carbocycles. The van der Waals surface area contributed by atoms with E-state index >= 15 is 0 Å². The van der Waals surface area contributed by atoms with Crippen LogP contribution in [0.25, 0.3) is 0 Å². The molecule has 0 bridgehead atoms. The van der Waals surface area contributed by atoms with Crippen LogP contribution in [-0.2, 0) is 9.53 Å². The van der Waals surface area contributed by atoms with E-state index in [1.165, 1.54) is 12.1 Å². The summed E-state index contributed by atoms with van der Waals surface area (Å²) in [4.78, 5) is 24.1.